The molecule has 37 heavy (non-hydrogen) atoms. The van der Waals surface area contributed by atoms with Crippen molar-refractivity contribution in [2.75, 3.05) is 25.0 Å². The number of aryl methyl sites for hydroxylation is 3. The Morgan fingerprint density at radius 1 is 1.08 bits per heavy atom. The zero-order valence-corrected chi connectivity index (χ0v) is 20.3. The zero-order chi connectivity index (χ0) is 26.4. The Balaban J connectivity index is 1.15. The highest BCUT2D eigenvalue weighted by atomic mass is 19.3. The van der Waals surface area contributed by atoms with Gasteiger partial charge in [-0.3, -0.25) is 23.9 Å². The van der Waals surface area contributed by atoms with E-state index in [1.54, 1.807) is 27.7 Å². The molecule has 1 aliphatic rings. The van der Waals surface area contributed by atoms with Crippen LogP contribution < -0.4 is 10.6 Å². The number of aromatic nitrogens is 6. The van der Waals surface area contributed by atoms with Gasteiger partial charge in [-0.2, -0.15) is 0 Å². The Morgan fingerprint density at radius 3 is 2.54 bits per heavy atom. The maximum absolute atomic E-state index is 13.8. The maximum atomic E-state index is 13.8. The first kappa shape index (κ1) is 26.3. The molecule has 3 aromatic rings. The van der Waals surface area contributed by atoms with Crippen molar-refractivity contribution >= 4 is 17.6 Å². The van der Waals surface area contributed by atoms with Gasteiger partial charge in [0.25, 0.3) is 11.8 Å². The van der Waals surface area contributed by atoms with Crippen molar-refractivity contribution in [1.82, 2.24) is 40.2 Å². The fraction of sp³-hybridized carbons (Fsp3) is 0.478. The molecule has 2 amide bonds. The summed E-state index contributed by atoms with van der Waals surface area (Å²) >= 11 is 0. The van der Waals surface area contributed by atoms with E-state index in [9.17, 15) is 22.8 Å². The third kappa shape index (κ3) is 7.59. The van der Waals surface area contributed by atoms with Crippen LogP contribution in [0.5, 0.6) is 0 Å². The zero-order valence-electron chi connectivity index (χ0n) is 20.3. The summed E-state index contributed by atoms with van der Waals surface area (Å²) in [5.74, 6) is -3.73. The largest absolute Gasteiger partial charge is 0.346 e. The summed E-state index contributed by atoms with van der Waals surface area (Å²) in [5.41, 5.74) is 1.44. The predicted octanol–water partition coefficient (Wildman–Crippen LogP) is 2.01. The van der Waals surface area contributed by atoms with Crippen LogP contribution >= 0.6 is 0 Å². The highest BCUT2D eigenvalue weighted by Crippen LogP contribution is 2.26. The van der Waals surface area contributed by atoms with Crippen LogP contribution in [0.3, 0.4) is 0 Å². The molecule has 3 heterocycles. The molecule has 2 aromatic heterocycles. The van der Waals surface area contributed by atoms with E-state index in [0.29, 0.717) is 31.5 Å². The van der Waals surface area contributed by atoms with Gasteiger partial charge in [-0.15, -0.1) is 10.2 Å². The Kier molecular flexibility index (Phi) is 8.16. The number of amides is 2. The Bertz CT molecular complexity index is 1240. The molecule has 0 unspecified atom stereocenters. The standard InChI is InChI=1S/C23H28F3N9O2/c1-16-4-5-18(24)17(10-16)11-27-22(37)19-12-34(31-29-19)7-2-3-8-35-13-20(30-32-35)28-21(36)14-33-9-6-23(25,26)15-33/h4-5,10,12-13H,2-3,6-9,11,14-15H2,1H3,(H,27,37)(H,28,36). The molecule has 1 fully saturated rings. The van der Waals surface area contributed by atoms with Gasteiger partial charge in [0.05, 0.1) is 25.5 Å². The number of carbonyl (C=O) groups excluding carboxylic acids is 2. The number of likely N-dealkylation sites (tertiary alicyclic amines) is 1. The minimum Gasteiger partial charge on any atom is -0.346 e. The molecule has 4 rings (SSSR count). The van der Waals surface area contributed by atoms with Gasteiger partial charge >= 0.3 is 0 Å². The third-order valence-electron chi connectivity index (χ3n) is 5.86. The second-order valence-electron chi connectivity index (χ2n) is 9.08. The van der Waals surface area contributed by atoms with E-state index in [-0.39, 0.29) is 43.4 Å². The van der Waals surface area contributed by atoms with Crippen LogP contribution in [-0.2, 0) is 24.4 Å². The Hall–Kier alpha value is -3.81. The lowest BCUT2D eigenvalue weighted by Crippen LogP contribution is -2.33. The normalized spacial score (nSPS) is 15.1. The number of hydrogen-bond acceptors (Lipinski definition) is 7. The van der Waals surface area contributed by atoms with Crippen molar-refractivity contribution in [1.29, 1.82) is 0 Å². The average Bonchev–Trinajstić information content (AvgIpc) is 3.57. The molecule has 0 atom stereocenters. The van der Waals surface area contributed by atoms with E-state index in [4.69, 9.17) is 0 Å². The van der Waals surface area contributed by atoms with E-state index in [2.05, 4.69) is 31.3 Å². The number of anilines is 1. The Morgan fingerprint density at radius 2 is 1.81 bits per heavy atom. The maximum Gasteiger partial charge on any atom is 0.273 e. The van der Waals surface area contributed by atoms with Crippen LogP contribution in [0.2, 0.25) is 0 Å². The van der Waals surface area contributed by atoms with Crippen molar-refractivity contribution in [3.8, 4) is 0 Å². The molecule has 14 heteroatoms. The third-order valence-corrected chi connectivity index (χ3v) is 5.86. The lowest BCUT2D eigenvalue weighted by Gasteiger charge is -2.14. The molecule has 1 aromatic carbocycles. The molecule has 0 saturated carbocycles. The molecule has 0 radical (unpaired) electrons. The van der Waals surface area contributed by atoms with E-state index in [1.165, 1.54) is 17.2 Å². The summed E-state index contributed by atoms with van der Waals surface area (Å²) in [6.07, 6.45) is 4.29. The first-order chi connectivity index (χ1) is 17.7. The molecule has 198 valence electrons. The summed E-state index contributed by atoms with van der Waals surface area (Å²) in [6, 6.07) is 4.71. The summed E-state index contributed by atoms with van der Waals surface area (Å²) in [7, 11) is 0. The summed E-state index contributed by atoms with van der Waals surface area (Å²) < 4.78 is 43.5. The van der Waals surface area contributed by atoms with Crippen LogP contribution in [0.25, 0.3) is 0 Å². The van der Waals surface area contributed by atoms with E-state index in [0.717, 1.165) is 5.56 Å². The van der Waals surface area contributed by atoms with Gasteiger partial charge in [-0.05, 0) is 25.8 Å². The number of nitrogens with zero attached hydrogens (tertiary/aromatic N) is 7. The number of halogens is 3. The molecule has 2 N–H and O–H groups in total. The number of rotatable bonds is 11. The monoisotopic (exact) mass is 519 g/mol. The van der Waals surface area contributed by atoms with E-state index < -0.39 is 24.3 Å². The molecule has 1 aliphatic heterocycles. The predicted molar refractivity (Wildman–Crippen MR) is 126 cm³/mol. The number of alkyl halides is 2. The van der Waals surface area contributed by atoms with Crippen molar-refractivity contribution in [3.05, 3.63) is 53.2 Å². The fourth-order valence-corrected chi connectivity index (χ4v) is 3.96. The van der Waals surface area contributed by atoms with E-state index >= 15 is 0 Å². The van der Waals surface area contributed by atoms with Gasteiger partial charge in [0.15, 0.2) is 11.5 Å². The molecular formula is C23H28F3N9O2. The average molecular weight is 520 g/mol. The van der Waals surface area contributed by atoms with Gasteiger partial charge in [-0.25, -0.2) is 13.2 Å². The summed E-state index contributed by atoms with van der Waals surface area (Å²) in [4.78, 5) is 25.8. The summed E-state index contributed by atoms with van der Waals surface area (Å²) in [5, 5.41) is 20.9. The van der Waals surface area contributed by atoms with Crippen molar-refractivity contribution in [2.45, 2.75) is 51.7 Å². The van der Waals surface area contributed by atoms with Gasteiger partial charge in [-0.1, -0.05) is 28.1 Å². The lowest BCUT2D eigenvalue weighted by molar-refractivity contribution is -0.117. The number of nitrogens with one attached hydrogen (secondary N) is 2. The lowest BCUT2D eigenvalue weighted by atomic mass is 10.1. The molecular weight excluding hydrogens is 491 g/mol. The SMILES string of the molecule is Cc1ccc(F)c(CNC(=O)c2cn(CCCCn3cc(NC(=O)CN4CCC(F)(F)C4)nn3)nn2)c1. The fourth-order valence-electron chi connectivity index (χ4n) is 3.96. The van der Waals surface area contributed by atoms with Gasteiger partial charge < -0.3 is 10.6 Å². The van der Waals surface area contributed by atoms with Crippen molar-refractivity contribution in [3.63, 3.8) is 0 Å². The molecule has 0 bridgehead atoms. The van der Waals surface area contributed by atoms with Crippen LogP contribution in [0.15, 0.2) is 30.6 Å². The van der Waals surface area contributed by atoms with Crippen molar-refractivity contribution in [2.24, 2.45) is 0 Å². The molecule has 1 saturated heterocycles. The quantitative estimate of drug-likeness (QED) is 0.372. The van der Waals surface area contributed by atoms with Crippen molar-refractivity contribution < 1.29 is 22.8 Å². The van der Waals surface area contributed by atoms with Gasteiger partial charge in [0, 0.05) is 38.2 Å². The topological polar surface area (TPSA) is 123 Å². The van der Waals surface area contributed by atoms with E-state index in [1.807, 2.05) is 6.92 Å². The van der Waals surface area contributed by atoms with Crippen LogP contribution in [0, 0.1) is 12.7 Å². The molecule has 0 aliphatic carbocycles. The molecule has 0 spiro atoms. The van der Waals surface area contributed by atoms with Gasteiger partial charge in [0.2, 0.25) is 5.91 Å². The van der Waals surface area contributed by atoms with Gasteiger partial charge in [0.1, 0.15) is 5.82 Å². The number of unbranched alkanes of at least 4 members (excludes halogenated alkanes) is 1. The summed E-state index contributed by atoms with van der Waals surface area (Å²) in [6.45, 7) is 2.59. The molecule has 11 nitrogen and oxygen atoms in total. The van der Waals surface area contributed by atoms with Crippen LogP contribution in [0.1, 0.15) is 40.9 Å². The first-order valence-electron chi connectivity index (χ1n) is 11.9. The number of hydrogen-bond donors (Lipinski definition) is 2. The number of benzene rings is 1. The Labute approximate surface area is 211 Å². The first-order valence-corrected chi connectivity index (χ1v) is 11.9. The second-order valence-corrected chi connectivity index (χ2v) is 9.08. The highest BCUT2D eigenvalue weighted by molar-refractivity contribution is 5.92. The van der Waals surface area contributed by atoms with Crippen LogP contribution in [0.4, 0.5) is 19.0 Å². The smallest absolute Gasteiger partial charge is 0.273 e. The van der Waals surface area contributed by atoms with Crippen LogP contribution in [-0.4, -0.2) is 72.3 Å². The second kappa shape index (κ2) is 11.5. The highest BCUT2D eigenvalue weighted by Gasteiger charge is 2.38. The minimum absolute atomic E-state index is 0.0494. The minimum atomic E-state index is -2.74. The number of carbonyl (C=O) groups is 2.